The summed E-state index contributed by atoms with van der Waals surface area (Å²) in [7, 11) is -3.60. The Balaban J connectivity index is 1.38. The van der Waals surface area contributed by atoms with E-state index in [1.807, 2.05) is 0 Å². The van der Waals surface area contributed by atoms with Crippen LogP contribution >= 0.6 is 8.17 Å². The molecule has 28 heavy (non-hydrogen) atoms. The molecule has 3 heterocycles. The van der Waals surface area contributed by atoms with Gasteiger partial charge in [-0.25, -0.2) is 9.18 Å². The number of hydrogen-bond acceptors (Lipinski definition) is 7. The van der Waals surface area contributed by atoms with Gasteiger partial charge in [0.15, 0.2) is 5.75 Å². The van der Waals surface area contributed by atoms with Crippen molar-refractivity contribution in [1.29, 1.82) is 0 Å². The van der Waals surface area contributed by atoms with E-state index in [-0.39, 0.29) is 13.2 Å². The Bertz CT molecular complexity index is 1010. The van der Waals surface area contributed by atoms with Crippen molar-refractivity contribution in [2.45, 2.75) is 38.7 Å². The highest BCUT2D eigenvalue weighted by Crippen LogP contribution is 2.61. The Labute approximate surface area is 159 Å². The zero-order valence-corrected chi connectivity index (χ0v) is 15.9. The molecule has 0 amide bonds. The summed E-state index contributed by atoms with van der Waals surface area (Å²) in [4.78, 5) is 36.1. The molecule has 0 radical (unpaired) electrons. The second-order valence-electron chi connectivity index (χ2n) is 6.65. The molecule has 3 unspecified atom stereocenters. The lowest BCUT2D eigenvalue weighted by molar-refractivity contribution is -0.0302. The minimum atomic E-state index is -3.60. The van der Waals surface area contributed by atoms with Gasteiger partial charge in [0.25, 0.3) is 5.56 Å². The Kier molecular flexibility index (Phi) is 5.07. The highest BCUT2D eigenvalue weighted by Gasteiger charge is 2.51. The molecule has 0 saturated carbocycles. The molecule has 2 N–H and O–H groups in total. The number of hydrogen-bond donors (Lipinski definition) is 2. The van der Waals surface area contributed by atoms with Gasteiger partial charge in [-0.15, -0.1) is 9.05 Å². The van der Waals surface area contributed by atoms with Crippen molar-refractivity contribution in [1.82, 2.24) is 9.55 Å². The first-order chi connectivity index (χ1) is 13.3. The standard InChI is InChI=1S/C17H18FN2O7P/c1-10-7-20(17(22)19-16(10)21)15-5-3-13(26-15)9-25-28(23)24-8-11-6-12(18)2-4-14(11)27-28/h2,4,6-7,13,15,23H,3,5,8-9H2,1H3/p+1. The predicted molar refractivity (Wildman–Crippen MR) is 96.1 cm³/mol. The van der Waals surface area contributed by atoms with Gasteiger partial charge in [-0.2, -0.15) is 4.89 Å². The number of ether oxygens (including phenoxy) is 1. The summed E-state index contributed by atoms with van der Waals surface area (Å²) in [5, 5.41) is 0. The lowest BCUT2D eigenvalue weighted by atomic mass is 10.2. The van der Waals surface area contributed by atoms with Crippen LogP contribution in [0.5, 0.6) is 5.75 Å². The summed E-state index contributed by atoms with van der Waals surface area (Å²) in [6.45, 7) is 1.57. The van der Waals surface area contributed by atoms with Crippen molar-refractivity contribution in [2.24, 2.45) is 0 Å². The second-order valence-corrected chi connectivity index (χ2v) is 8.29. The number of aryl methyl sites for hydroxylation is 1. The molecule has 11 heteroatoms. The van der Waals surface area contributed by atoms with Crippen molar-refractivity contribution in [2.75, 3.05) is 6.61 Å². The first-order valence-electron chi connectivity index (χ1n) is 8.69. The number of rotatable bonds is 4. The van der Waals surface area contributed by atoms with Crippen LogP contribution in [-0.2, 0) is 20.4 Å². The average molecular weight is 413 g/mol. The van der Waals surface area contributed by atoms with Gasteiger partial charge in [0, 0.05) is 17.3 Å². The number of benzene rings is 1. The number of fused-ring (bicyclic) bond motifs is 1. The third-order valence-corrected chi connectivity index (χ3v) is 5.94. The van der Waals surface area contributed by atoms with Gasteiger partial charge in [-0.05, 0) is 38.0 Å². The molecule has 1 aromatic carbocycles. The quantitative estimate of drug-likeness (QED) is 0.737. The number of nitrogens with zero attached hydrogens (tertiary/aromatic N) is 1. The van der Waals surface area contributed by atoms with Crippen LogP contribution in [0.15, 0.2) is 34.0 Å². The topological polar surface area (TPSA) is 112 Å². The van der Waals surface area contributed by atoms with E-state index in [0.29, 0.717) is 29.7 Å². The number of aromatic nitrogens is 2. The van der Waals surface area contributed by atoms with Crippen molar-refractivity contribution in [3.05, 3.63) is 62.2 Å². The summed E-state index contributed by atoms with van der Waals surface area (Å²) in [5.74, 6) is -0.113. The monoisotopic (exact) mass is 413 g/mol. The van der Waals surface area contributed by atoms with Gasteiger partial charge in [0.1, 0.15) is 25.3 Å². The summed E-state index contributed by atoms with van der Waals surface area (Å²) in [5.41, 5.74) is -0.0884. The van der Waals surface area contributed by atoms with Crippen LogP contribution < -0.4 is 15.8 Å². The summed E-state index contributed by atoms with van der Waals surface area (Å²) >= 11 is 0. The normalized spacial score (nSPS) is 26.7. The van der Waals surface area contributed by atoms with E-state index in [0.717, 1.165) is 0 Å². The van der Waals surface area contributed by atoms with Crippen LogP contribution in [-0.4, -0.2) is 27.2 Å². The fraction of sp³-hybridized carbons (Fsp3) is 0.412. The van der Waals surface area contributed by atoms with E-state index in [9.17, 15) is 18.9 Å². The molecule has 2 aromatic rings. The SMILES string of the molecule is Cc1cn(C2CCC(CO[P+]3(O)OCc4cc(F)ccc4O3)O2)c(=O)[nH]c1=O. The summed E-state index contributed by atoms with van der Waals surface area (Å²) < 4.78 is 36.5. The molecule has 4 rings (SSSR count). The molecule has 150 valence electrons. The number of nitrogens with one attached hydrogen (secondary N) is 1. The van der Waals surface area contributed by atoms with E-state index in [4.69, 9.17) is 18.3 Å². The fourth-order valence-electron chi connectivity index (χ4n) is 3.11. The first-order valence-corrected chi connectivity index (χ1v) is 10.2. The van der Waals surface area contributed by atoms with Crippen molar-refractivity contribution in [3.63, 3.8) is 0 Å². The third kappa shape index (κ3) is 3.87. The molecule has 2 aliphatic rings. The van der Waals surface area contributed by atoms with Crippen molar-refractivity contribution in [3.8, 4) is 5.75 Å². The van der Waals surface area contributed by atoms with Gasteiger partial charge in [-0.1, -0.05) is 0 Å². The van der Waals surface area contributed by atoms with Crippen LogP contribution in [0.1, 0.15) is 30.2 Å². The zero-order valence-electron chi connectivity index (χ0n) is 15.0. The lowest BCUT2D eigenvalue weighted by Gasteiger charge is -2.22. The molecule has 1 aromatic heterocycles. The molecule has 3 atom stereocenters. The Hall–Kier alpha value is -2.10. The Morgan fingerprint density at radius 3 is 3.04 bits per heavy atom. The minimum absolute atomic E-state index is 0.00556. The van der Waals surface area contributed by atoms with Crippen LogP contribution in [0.4, 0.5) is 4.39 Å². The van der Waals surface area contributed by atoms with Gasteiger partial charge in [-0.3, -0.25) is 18.9 Å². The van der Waals surface area contributed by atoms with E-state index in [2.05, 4.69) is 4.98 Å². The van der Waals surface area contributed by atoms with Gasteiger partial charge in [0.2, 0.25) is 0 Å². The molecule has 2 aliphatic heterocycles. The molecule has 0 spiro atoms. The molecule has 0 aliphatic carbocycles. The molecule has 0 bridgehead atoms. The lowest BCUT2D eigenvalue weighted by Crippen LogP contribution is -2.33. The molecule has 1 saturated heterocycles. The summed E-state index contributed by atoms with van der Waals surface area (Å²) in [6, 6.07) is 3.91. The van der Waals surface area contributed by atoms with Crippen molar-refractivity contribution >= 4 is 8.17 Å². The maximum absolute atomic E-state index is 13.2. The largest absolute Gasteiger partial charge is 0.619 e. The second kappa shape index (κ2) is 7.38. The molecular weight excluding hydrogens is 394 g/mol. The van der Waals surface area contributed by atoms with E-state index < -0.39 is 37.6 Å². The molecule has 1 fully saturated rings. The van der Waals surface area contributed by atoms with Gasteiger partial charge < -0.3 is 4.74 Å². The van der Waals surface area contributed by atoms with Crippen LogP contribution in [0.3, 0.4) is 0 Å². The third-order valence-electron chi connectivity index (χ3n) is 4.58. The van der Waals surface area contributed by atoms with E-state index >= 15 is 0 Å². The predicted octanol–water partition coefficient (Wildman–Crippen LogP) is 1.96. The van der Waals surface area contributed by atoms with Gasteiger partial charge in [0.05, 0.1) is 6.10 Å². The van der Waals surface area contributed by atoms with E-state index in [1.165, 1.54) is 29.0 Å². The smallest absolute Gasteiger partial charge is 0.352 e. The maximum Gasteiger partial charge on any atom is 0.619 e. The number of aromatic amines is 1. The Morgan fingerprint density at radius 2 is 2.21 bits per heavy atom. The fourth-order valence-corrected chi connectivity index (χ4v) is 4.37. The highest BCUT2D eigenvalue weighted by atomic mass is 31.2. The Morgan fingerprint density at radius 1 is 1.39 bits per heavy atom. The van der Waals surface area contributed by atoms with E-state index in [1.54, 1.807) is 6.92 Å². The van der Waals surface area contributed by atoms with Crippen LogP contribution in [0.2, 0.25) is 0 Å². The highest BCUT2D eigenvalue weighted by molar-refractivity contribution is 7.55. The molecular formula is C17H19FN2O7P+. The molecule has 9 nitrogen and oxygen atoms in total. The van der Waals surface area contributed by atoms with Gasteiger partial charge >= 0.3 is 13.9 Å². The van der Waals surface area contributed by atoms with Crippen LogP contribution in [0.25, 0.3) is 0 Å². The number of H-pyrrole nitrogens is 1. The first kappa shape index (κ1) is 19.2. The minimum Gasteiger partial charge on any atom is -0.352 e. The number of halogens is 1. The summed E-state index contributed by atoms with van der Waals surface area (Å²) in [6.07, 6.45) is 1.65. The maximum atomic E-state index is 13.2. The average Bonchev–Trinajstić information content (AvgIpc) is 3.12. The zero-order chi connectivity index (χ0) is 19.9. The van der Waals surface area contributed by atoms with Crippen molar-refractivity contribution < 1.29 is 27.6 Å². The van der Waals surface area contributed by atoms with Crippen LogP contribution in [0, 0.1) is 12.7 Å².